The van der Waals surface area contributed by atoms with Gasteiger partial charge in [-0.1, -0.05) is 29.8 Å². The molecule has 0 unspecified atom stereocenters. The van der Waals surface area contributed by atoms with E-state index in [1.807, 2.05) is 31.2 Å². The first-order chi connectivity index (χ1) is 10.1. The van der Waals surface area contributed by atoms with Crippen molar-refractivity contribution in [2.75, 3.05) is 11.9 Å². The average molecular weight is 306 g/mol. The van der Waals surface area contributed by atoms with Gasteiger partial charge in [-0.2, -0.15) is 0 Å². The first kappa shape index (κ1) is 15.2. The Morgan fingerprint density at radius 3 is 2.76 bits per heavy atom. The van der Waals surface area contributed by atoms with Crippen LogP contribution < -0.4 is 10.1 Å². The summed E-state index contributed by atoms with van der Waals surface area (Å²) in [6.07, 6.45) is 0. The Morgan fingerprint density at radius 1 is 1.29 bits per heavy atom. The summed E-state index contributed by atoms with van der Waals surface area (Å²) in [5, 5.41) is 12.5. The molecule has 0 saturated carbocycles. The zero-order valence-electron chi connectivity index (χ0n) is 11.6. The van der Waals surface area contributed by atoms with Gasteiger partial charge in [0.25, 0.3) is 0 Å². The molecular weight excluding hydrogens is 290 g/mol. The number of carbonyl (C=O) groups is 1. The van der Waals surface area contributed by atoms with Crippen LogP contribution in [-0.2, 0) is 6.54 Å². The van der Waals surface area contributed by atoms with Crippen molar-refractivity contribution in [3.8, 4) is 5.75 Å². The number of para-hydroxylation sites is 1. The average Bonchev–Trinajstić information content (AvgIpc) is 2.47. The topological polar surface area (TPSA) is 58.6 Å². The largest absolute Gasteiger partial charge is 0.494 e. The summed E-state index contributed by atoms with van der Waals surface area (Å²) in [6.45, 7) is 3.07. The molecule has 0 aliphatic carbocycles. The van der Waals surface area contributed by atoms with E-state index < -0.39 is 5.97 Å². The molecule has 2 rings (SSSR count). The van der Waals surface area contributed by atoms with E-state index in [9.17, 15) is 4.79 Å². The Morgan fingerprint density at radius 2 is 2.05 bits per heavy atom. The van der Waals surface area contributed by atoms with Gasteiger partial charge in [-0.15, -0.1) is 0 Å². The molecule has 0 saturated heterocycles. The smallest absolute Gasteiger partial charge is 0.337 e. The lowest BCUT2D eigenvalue weighted by Gasteiger charge is -2.12. The van der Waals surface area contributed by atoms with Crippen molar-refractivity contribution in [2.24, 2.45) is 0 Å². The quantitative estimate of drug-likeness (QED) is 0.845. The summed E-state index contributed by atoms with van der Waals surface area (Å²) in [6, 6.07) is 12.6. The Kier molecular flexibility index (Phi) is 5.06. The third-order valence-electron chi connectivity index (χ3n) is 2.95. The van der Waals surface area contributed by atoms with Gasteiger partial charge in [0, 0.05) is 17.8 Å². The maximum atomic E-state index is 11.1. The number of halogens is 1. The van der Waals surface area contributed by atoms with Gasteiger partial charge in [0.15, 0.2) is 0 Å². The van der Waals surface area contributed by atoms with Crippen LogP contribution in [0.3, 0.4) is 0 Å². The first-order valence-electron chi connectivity index (χ1n) is 6.59. The second kappa shape index (κ2) is 6.99. The molecule has 0 aromatic heterocycles. The van der Waals surface area contributed by atoms with Crippen molar-refractivity contribution in [1.29, 1.82) is 0 Å². The molecule has 0 aliphatic rings. The minimum Gasteiger partial charge on any atom is -0.494 e. The van der Waals surface area contributed by atoms with E-state index in [0.717, 1.165) is 11.3 Å². The lowest BCUT2D eigenvalue weighted by molar-refractivity contribution is 0.0697. The molecule has 2 aromatic rings. The Bertz CT molecular complexity index is 643. The molecular formula is C16H16ClNO3. The number of hydrogen-bond acceptors (Lipinski definition) is 3. The highest BCUT2D eigenvalue weighted by Crippen LogP contribution is 2.23. The van der Waals surface area contributed by atoms with Crippen molar-refractivity contribution < 1.29 is 14.6 Å². The van der Waals surface area contributed by atoms with Gasteiger partial charge < -0.3 is 15.2 Å². The molecule has 0 heterocycles. The number of rotatable bonds is 6. The summed E-state index contributed by atoms with van der Waals surface area (Å²) in [5.41, 5.74) is 1.79. The standard InChI is InChI=1S/C16H16ClNO3/c1-2-21-15-6-4-3-5-11(15)10-18-12-7-8-14(17)13(9-12)16(19)20/h3-9,18H,2,10H2,1H3,(H,19,20). The number of benzene rings is 2. The molecule has 4 nitrogen and oxygen atoms in total. The molecule has 0 fully saturated rings. The maximum absolute atomic E-state index is 11.1. The molecule has 0 spiro atoms. The van der Waals surface area contributed by atoms with Crippen molar-refractivity contribution >= 4 is 23.3 Å². The summed E-state index contributed by atoms with van der Waals surface area (Å²) in [5.74, 6) is -0.224. The maximum Gasteiger partial charge on any atom is 0.337 e. The number of hydrogen-bond donors (Lipinski definition) is 2. The number of carboxylic acid groups (broad SMARTS) is 1. The van der Waals surface area contributed by atoms with Crippen LogP contribution in [0.15, 0.2) is 42.5 Å². The Hall–Kier alpha value is -2.20. The molecule has 0 aliphatic heterocycles. The van der Waals surface area contributed by atoms with Crippen LogP contribution in [0.25, 0.3) is 0 Å². The SMILES string of the molecule is CCOc1ccccc1CNc1ccc(Cl)c(C(=O)O)c1. The first-order valence-corrected chi connectivity index (χ1v) is 6.97. The summed E-state index contributed by atoms with van der Waals surface area (Å²) in [4.78, 5) is 11.1. The van der Waals surface area contributed by atoms with Crippen LogP contribution in [0.1, 0.15) is 22.8 Å². The third-order valence-corrected chi connectivity index (χ3v) is 3.28. The van der Waals surface area contributed by atoms with Gasteiger partial charge in [0.1, 0.15) is 5.75 Å². The van der Waals surface area contributed by atoms with E-state index >= 15 is 0 Å². The van der Waals surface area contributed by atoms with Crippen LogP contribution in [0.4, 0.5) is 5.69 Å². The molecule has 5 heteroatoms. The molecule has 21 heavy (non-hydrogen) atoms. The predicted molar refractivity (Wildman–Crippen MR) is 83.3 cm³/mol. The highest BCUT2D eigenvalue weighted by molar-refractivity contribution is 6.33. The number of anilines is 1. The van der Waals surface area contributed by atoms with Crippen molar-refractivity contribution in [1.82, 2.24) is 0 Å². The zero-order valence-corrected chi connectivity index (χ0v) is 12.4. The molecule has 0 amide bonds. The Labute approximate surface area is 128 Å². The summed E-state index contributed by atoms with van der Waals surface area (Å²) < 4.78 is 5.55. The van der Waals surface area contributed by atoms with Crippen LogP contribution in [0, 0.1) is 0 Å². The molecule has 2 aromatic carbocycles. The monoisotopic (exact) mass is 305 g/mol. The predicted octanol–water partition coefficient (Wildman–Crippen LogP) is 4.05. The zero-order chi connectivity index (χ0) is 15.2. The van der Waals surface area contributed by atoms with Gasteiger partial charge >= 0.3 is 5.97 Å². The fourth-order valence-electron chi connectivity index (χ4n) is 1.94. The molecule has 0 bridgehead atoms. The lowest BCUT2D eigenvalue weighted by Crippen LogP contribution is -2.04. The van der Waals surface area contributed by atoms with Gasteiger partial charge in [0.05, 0.1) is 17.2 Å². The minimum atomic E-state index is -1.04. The fourth-order valence-corrected chi connectivity index (χ4v) is 2.14. The van der Waals surface area contributed by atoms with E-state index in [4.69, 9.17) is 21.4 Å². The second-order valence-corrected chi connectivity index (χ2v) is 4.80. The summed E-state index contributed by atoms with van der Waals surface area (Å²) >= 11 is 5.85. The van der Waals surface area contributed by atoms with Crippen molar-refractivity contribution in [3.05, 3.63) is 58.6 Å². The van der Waals surface area contributed by atoms with E-state index in [-0.39, 0.29) is 10.6 Å². The normalized spacial score (nSPS) is 10.2. The van der Waals surface area contributed by atoms with Gasteiger partial charge in [-0.3, -0.25) is 0 Å². The van der Waals surface area contributed by atoms with E-state index in [1.54, 1.807) is 12.1 Å². The Balaban J connectivity index is 2.13. The molecule has 110 valence electrons. The molecule has 2 N–H and O–H groups in total. The van der Waals surface area contributed by atoms with E-state index in [2.05, 4.69) is 5.32 Å². The highest BCUT2D eigenvalue weighted by Gasteiger charge is 2.09. The number of ether oxygens (including phenoxy) is 1. The van der Waals surface area contributed by atoms with Crippen LogP contribution in [0.5, 0.6) is 5.75 Å². The van der Waals surface area contributed by atoms with E-state index in [1.165, 1.54) is 6.07 Å². The fraction of sp³-hybridized carbons (Fsp3) is 0.188. The van der Waals surface area contributed by atoms with E-state index in [0.29, 0.717) is 18.8 Å². The van der Waals surface area contributed by atoms with Crippen LogP contribution in [0.2, 0.25) is 5.02 Å². The number of aromatic carboxylic acids is 1. The lowest BCUT2D eigenvalue weighted by atomic mass is 10.1. The van der Waals surface area contributed by atoms with Crippen LogP contribution >= 0.6 is 11.6 Å². The van der Waals surface area contributed by atoms with Crippen molar-refractivity contribution in [3.63, 3.8) is 0 Å². The van der Waals surface area contributed by atoms with Gasteiger partial charge in [-0.25, -0.2) is 4.79 Å². The van der Waals surface area contributed by atoms with Crippen LogP contribution in [-0.4, -0.2) is 17.7 Å². The second-order valence-electron chi connectivity index (χ2n) is 4.39. The minimum absolute atomic E-state index is 0.0831. The molecule has 0 radical (unpaired) electrons. The third kappa shape index (κ3) is 3.89. The number of nitrogens with one attached hydrogen (secondary N) is 1. The van der Waals surface area contributed by atoms with Gasteiger partial charge in [-0.05, 0) is 31.2 Å². The van der Waals surface area contributed by atoms with Crippen molar-refractivity contribution in [2.45, 2.75) is 13.5 Å². The summed E-state index contributed by atoms with van der Waals surface area (Å²) in [7, 11) is 0. The highest BCUT2D eigenvalue weighted by atomic mass is 35.5. The molecule has 0 atom stereocenters. The van der Waals surface area contributed by atoms with Gasteiger partial charge in [0.2, 0.25) is 0 Å². The number of carboxylic acids is 1.